The highest BCUT2D eigenvalue weighted by Crippen LogP contribution is 2.23. The number of hydrogen-bond donors (Lipinski definition) is 0. The van der Waals surface area contributed by atoms with Crippen LogP contribution in [-0.2, 0) is 4.74 Å². The quantitative estimate of drug-likeness (QED) is 0.431. The number of ketones is 1. The molecule has 1 aromatic heterocycles. The minimum absolute atomic E-state index is 0.194. The van der Waals surface area contributed by atoms with E-state index in [4.69, 9.17) is 9.47 Å². The number of halogens is 1. The minimum Gasteiger partial charge on any atom is -0.494 e. The maximum absolute atomic E-state index is 13.0. The molecule has 0 N–H and O–H groups in total. The van der Waals surface area contributed by atoms with Gasteiger partial charge in [-0.25, -0.2) is 9.18 Å². The molecule has 0 unspecified atom stereocenters. The van der Waals surface area contributed by atoms with Crippen LogP contribution in [0.15, 0.2) is 54.6 Å². The summed E-state index contributed by atoms with van der Waals surface area (Å²) in [7, 11) is 0. The minimum atomic E-state index is -0.668. The molecule has 0 bridgehead atoms. The maximum atomic E-state index is 13.0. The van der Waals surface area contributed by atoms with Crippen LogP contribution in [0.2, 0.25) is 0 Å². The average molecular weight is 395 g/mol. The van der Waals surface area contributed by atoms with Gasteiger partial charge in [-0.05, 0) is 75.4 Å². The van der Waals surface area contributed by atoms with Gasteiger partial charge in [-0.1, -0.05) is 0 Å². The van der Waals surface area contributed by atoms with Gasteiger partial charge in [-0.3, -0.25) is 4.79 Å². The molecule has 0 aliphatic carbocycles. The number of benzene rings is 2. The van der Waals surface area contributed by atoms with Crippen molar-refractivity contribution in [3.63, 3.8) is 0 Å². The van der Waals surface area contributed by atoms with E-state index in [0.717, 1.165) is 22.8 Å². The van der Waals surface area contributed by atoms with Crippen LogP contribution in [0.3, 0.4) is 0 Å². The zero-order valence-electron chi connectivity index (χ0n) is 16.6. The summed E-state index contributed by atoms with van der Waals surface area (Å²) in [4.78, 5) is 24.7. The van der Waals surface area contributed by atoms with Crippen LogP contribution in [0.25, 0.3) is 5.69 Å². The molecule has 150 valence electrons. The van der Waals surface area contributed by atoms with E-state index in [1.807, 2.05) is 49.6 Å². The number of nitrogens with zero attached hydrogens (tertiary/aromatic N) is 1. The molecule has 0 saturated heterocycles. The number of carbonyl (C=O) groups is 2. The zero-order chi connectivity index (χ0) is 21.0. The summed E-state index contributed by atoms with van der Waals surface area (Å²) in [6.45, 7) is 5.89. The second-order valence-corrected chi connectivity index (χ2v) is 6.55. The van der Waals surface area contributed by atoms with Gasteiger partial charge in [-0.2, -0.15) is 0 Å². The van der Waals surface area contributed by atoms with E-state index in [0.29, 0.717) is 12.2 Å². The number of ether oxygens (including phenoxy) is 2. The van der Waals surface area contributed by atoms with Gasteiger partial charge in [0.05, 0.1) is 12.2 Å². The van der Waals surface area contributed by atoms with E-state index < -0.39 is 11.8 Å². The standard InChI is InChI=1S/C23H22FNO4/c1-4-28-20-11-9-19(10-12-20)25-15(2)13-21(16(25)3)22(26)14-29-23(27)17-5-7-18(24)8-6-17/h5-13H,4,14H2,1-3H3. The third-order valence-corrected chi connectivity index (χ3v) is 4.55. The molecule has 0 radical (unpaired) electrons. The van der Waals surface area contributed by atoms with Crippen molar-refractivity contribution >= 4 is 11.8 Å². The van der Waals surface area contributed by atoms with Gasteiger partial charge in [0.15, 0.2) is 6.61 Å². The Morgan fingerprint density at radius 3 is 2.28 bits per heavy atom. The van der Waals surface area contributed by atoms with Crippen LogP contribution in [0.5, 0.6) is 5.75 Å². The monoisotopic (exact) mass is 395 g/mol. The van der Waals surface area contributed by atoms with Gasteiger partial charge < -0.3 is 14.0 Å². The predicted octanol–water partition coefficient (Wildman–Crippen LogP) is 4.67. The number of aryl methyl sites for hydroxylation is 1. The van der Waals surface area contributed by atoms with E-state index in [-0.39, 0.29) is 18.0 Å². The molecule has 0 atom stereocenters. The molecule has 29 heavy (non-hydrogen) atoms. The third kappa shape index (κ3) is 4.54. The number of esters is 1. The van der Waals surface area contributed by atoms with Crippen LogP contribution in [-0.4, -0.2) is 29.5 Å². The Bertz CT molecular complexity index is 1020. The number of carbonyl (C=O) groups excluding carboxylic acids is 2. The molecule has 2 aromatic carbocycles. The highest BCUT2D eigenvalue weighted by molar-refractivity contribution is 6.00. The van der Waals surface area contributed by atoms with Crippen LogP contribution in [0, 0.1) is 19.7 Å². The normalized spacial score (nSPS) is 10.6. The first kappa shape index (κ1) is 20.3. The van der Waals surface area contributed by atoms with Crippen molar-refractivity contribution in [2.45, 2.75) is 20.8 Å². The van der Waals surface area contributed by atoms with Crippen molar-refractivity contribution in [1.29, 1.82) is 0 Å². The summed E-state index contributed by atoms with van der Waals surface area (Å²) < 4.78 is 25.5. The summed E-state index contributed by atoms with van der Waals surface area (Å²) in [6.07, 6.45) is 0. The Kier molecular flexibility index (Phi) is 6.12. The smallest absolute Gasteiger partial charge is 0.338 e. The molecule has 0 amide bonds. The van der Waals surface area contributed by atoms with Gasteiger partial charge in [0.25, 0.3) is 0 Å². The molecule has 0 spiro atoms. The van der Waals surface area contributed by atoms with Gasteiger partial charge in [0.1, 0.15) is 11.6 Å². The Morgan fingerprint density at radius 1 is 1.00 bits per heavy atom. The third-order valence-electron chi connectivity index (χ3n) is 4.55. The maximum Gasteiger partial charge on any atom is 0.338 e. The molecule has 0 aliphatic heterocycles. The van der Waals surface area contributed by atoms with Crippen molar-refractivity contribution in [1.82, 2.24) is 4.57 Å². The lowest BCUT2D eigenvalue weighted by molar-refractivity contribution is 0.0474. The van der Waals surface area contributed by atoms with Crippen LogP contribution < -0.4 is 4.74 Å². The molecule has 0 aliphatic rings. The summed E-state index contributed by atoms with van der Waals surface area (Å²) in [5.74, 6) is -0.633. The van der Waals surface area contributed by atoms with Crippen molar-refractivity contribution < 1.29 is 23.5 Å². The van der Waals surface area contributed by atoms with Crippen molar-refractivity contribution in [3.8, 4) is 11.4 Å². The first-order valence-corrected chi connectivity index (χ1v) is 9.28. The Balaban J connectivity index is 1.74. The zero-order valence-corrected chi connectivity index (χ0v) is 16.6. The second-order valence-electron chi connectivity index (χ2n) is 6.55. The van der Waals surface area contributed by atoms with Crippen molar-refractivity contribution in [2.75, 3.05) is 13.2 Å². The molecule has 3 rings (SSSR count). The van der Waals surface area contributed by atoms with Gasteiger partial charge in [-0.15, -0.1) is 0 Å². The second kappa shape index (κ2) is 8.73. The average Bonchev–Trinajstić information content (AvgIpc) is 3.01. The summed E-state index contributed by atoms with van der Waals surface area (Å²) >= 11 is 0. The molecule has 0 saturated carbocycles. The molecular formula is C23H22FNO4. The number of aromatic nitrogens is 1. The number of rotatable bonds is 7. The Hall–Kier alpha value is -3.41. The van der Waals surface area contributed by atoms with E-state index >= 15 is 0 Å². The SMILES string of the molecule is CCOc1ccc(-n2c(C)cc(C(=O)COC(=O)c3ccc(F)cc3)c2C)cc1. The fourth-order valence-electron chi connectivity index (χ4n) is 3.18. The van der Waals surface area contributed by atoms with Crippen LogP contribution >= 0.6 is 0 Å². The number of hydrogen-bond acceptors (Lipinski definition) is 4. The lowest BCUT2D eigenvalue weighted by atomic mass is 10.1. The predicted molar refractivity (Wildman–Crippen MR) is 107 cm³/mol. The lowest BCUT2D eigenvalue weighted by Gasteiger charge is -2.11. The topological polar surface area (TPSA) is 57.5 Å². The first-order valence-electron chi connectivity index (χ1n) is 9.28. The van der Waals surface area contributed by atoms with E-state index in [9.17, 15) is 14.0 Å². The van der Waals surface area contributed by atoms with E-state index in [1.165, 1.54) is 24.3 Å². The Morgan fingerprint density at radius 2 is 1.66 bits per heavy atom. The highest BCUT2D eigenvalue weighted by Gasteiger charge is 2.18. The summed E-state index contributed by atoms with van der Waals surface area (Å²) in [5, 5.41) is 0. The van der Waals surface area contributed by atoms with Gasteiger partial charge in [0.2, 0.25) is 5.78 Å². The summed E-state index contributed by atoms with van der Waals surface area (Å²) in [6, 6.07) is 14.4. The van der Waals surface area contributed by atoms with Crippen molar-refractivity contribution in [3.05, 3.63) is 82.9 Å². The molecule has 6 heteroatoms. The molecule has 0 fully saturated rings. The fourth-order valence-corrected chi connectivity index (χ4v) is 3.18. The Labute approximate surface area is 168 Å². The van der Waals surface area contributed by atoms with E-state index in [1.54, 1.807) is 6.07 Å². The molecule has 3 aromatic rings. The van der Waals surface area contributed by atoms with Crippen molar-refractivity contribution in [2.24, 2.45) is 0 Å². The fraction of sp³-hybridized carbons (Fsp3) is 0.217. The largest absolute Gasteiger partial charge is 0.494 e. The highest BCUT2D eigenvalue weighted by atomic mass is 19.1. The lowest BCUT2D eigenvalue weighted by Crippen LogP contribution is -2.15. The molecule has 5 nitrogen and oxygen atoms in total. The summed E-state index contributed by atoms with van der Waals surface area (Å²) in [5.41, 5.74) is 3.24. The van der Waals surface area contributed by atoms with Gasteiger partial charge >= 0.3 is 5.97 Å². The van der Waals surface area contributed by atoms with Crippen LogP contribution in [0.4, 0.5) is 4.39 Å². The first-order chi connectivity index (χ1) is 13.9. The molecular weight excluding hydrogens is 373 g/mol. The number of Topliss-reactive ketones (excluding diaryl/α,β-unsaturated/α-hetero) is 1. The van der Waals surface area contributed by atoms with E-state index in [2.05, 4.69) is 0 Å². The van der Waals surface area contributed by atoms with Gasteiger partial charge in [0, 0.05) is 22.6 Å². The van der Waals surface area contributed by atoms with Crippen LogP contribution in [0.1, 0.15) is 39.0 Å². The molecule has 1 heterocycles.